The van der Waals surface area contributed by atoms with Gasteiger partial charge in [0.05, 0.1) is 6.61 Å². The molecule has 1 aromatic carbocycles. The molecule has 0 aromatic heterocycles. The van der Waals surface area contributed by atoms with Crippen LogP contribution in [0.25, 0.3) is 0 Å². The Morgan fingerprint density at radius 1 is 1.18 bits per heavy atom. The van der Waals surface area contributed by atoms with E-state index in [4.69, 9.17) is 4.74 Å². The van der Waals surface area contributed by atoms with Gasteiger partial charge in [-0.3, -0.25) is 4.79 Å². The molecule has 0 spiro atoms. The Balaban J connectivity index is 0.000000847. The maximum absolute atomic E-state index is 12.2. The van der Waals surface area contributed by atoms with Crippen LogP contribution in [0.1, 0.15) is 58.1 Å². The van der Waals surface area contributed by atoms with E-state index in [0.717, 1.165) is 50.1 Å². The molecular formula is C19H29NO2. The van der Waals surface area contributed by atoms with Gasteiger partial charge >= 0.3 is 0 Å². The normalized spacial score (nSPS) is 23.5. The second-order valence-electron chi connectivity index (χ2n) is 6.21. The smallest absolute Gasteiger partial charge is 0.227 e. The Bertz CT molecular complexity index is 524. The van der Waals surface area contributed by atoms with Crippen LogP contribution in [0.15, 0.2) is 12.1 Å². The van der Waals surface area contributed by atoms with Crippen molar-refractivity contribution in [1.82, 2.24) is 0 Å². The minimum Gasteiger partial charge on any atom is -0.493 e. The lowest BCUT2D eigenvalue weighted by molar-refractivity contribution is -0.120. The third-order valence-electron chi connectivity index (χ3n) is 4.60. The van der Waals surface area contributed by atoms with E-state index in [2.05, 4.69) is 31.3 Å². The maximum atomic E-state index is 12.2. The molecular weight excluding hydrogens is 274 g/mol. The molecule has 3 rings (SSSR count). The molecule has 0 bridgehead atoms. The third kappa shape index (κ3) is 3.63. The molecule has 2 aliphatic heterocycles. The van der Waals surface area contributed by atoms with Gasteiger partial charge in [-0.25, -0.2) is 0 Å². The molecule has 3 heteroatoms. The lowest BCUT2D eigenvalue weighted by Crippen LogP contribution is -2.20. The molecule has 2 heterocycles. The van der Waals surface area contributed by atoms with Crippen LogP contribution in [0.3, 0.4) is 0 Å². The zero-order valence-electron chi connectivity index (χ0n) is 14.4. The van der Waals surface area contributed by atoms with Gasteiger partial charge in [0.25, 0.3) is 0 Å². The highest BCUT2D eigenvalue weighted by Crippen LogP contribution is 2.34. The van der Waals surface area contributed by atoms with Crippen LogP contribution in [0.2, 0.25) is 0 Å². The minimum atomic E-state index is 0.142. The first kappa shape index (κ1) is 16.9. The van der Waals surface area contributed by atoms with Crippen molar-refractivity contribution in [2.75, 3.05) is 11.9 Å². The van der Waals surface area contributed by atoms with Crippen molar-refractivity contribution in [1.29, 1.82) is 0 Å². The van der Waals surface area contributed by atoms with E-state index in [-0.39, 0.29) is 11.8 Å². The number of fused-ring (bicyclic) bond motifs is 2. The topological polar surface area (TPSA) is 38.3 Å². The fraction of sp³-hybridized carbons (Fsp3) is 0.632. The van der Waals surface area contributed by atoms with E-state index in [1.807, 2.05) is 13.8 Å². The summed E-state index contributed by atoms with van der Waals surface area (Å²) in [6, 6.07) is 4.29. The molecule has 22 heavy (non-hydrogen) atoms. The number of benzene rings is 1. The molecule has 0 saturated carbocycles. The second kappa shape index (κ2) is 7.66. The quantitative estimate of drug-likeness (QED) is 0.824. The number of amides is 1. The summed E-state index contributed by atoms with van der Waals surface area (Å²) in [6.45, 7) is 9.11. The van der Waals surface area contributed by atoms with Gasteiger partial charge in [-0.15, -0.1) is 0 Å². The molecule has 0 aliphatic carbocycles. The Morgan fingerprint density at radius 3 is 2.64 bits per heavy atom. The number of aryl methyl sites for hydroxylation is 2. The lowest BCUT2D eigenvalue weighted by Gasteiger charge is -2.13. The fourth-order valence-corrected chi connectivity index (χ4v) is 3.12. The zero-order valence-corrected chi connectivity index (χ0v) is 14.4. The van der Waals surface area contributed by atoms with Crippen LogP contribution in [0.4, 0.5) is 5.69 Å². The van der Waals surface area contributed by atoms with Crippen LogP contribution < -0.4 is 10.1 Å². The Hall–Kier alpha value is -1.51. The molecule has 0 saturated heterocycles. The van der Waals surface area contributed by atoms with E-state index in [1.165, 1.54) is 11.1 Å². The molecule has 2 aliphatic rings. The van der Waals surface area contributed by atoms with Gasteiger partial charge in [-0.1, -0.05) is 27.7 Å². The number of rotatable bonds is 1. The Labute approximate surface area is 134 Å². The number of hydrogen-bond donors (Lipinski definition) is 1. The van der Waals surface area contributed by atoms with Crippen molar-refractivity contribution >= 4 is 11.6 Å². The molecule has 122 valence electrons. The molecule has 2 atom stereocenters. The number of nitrogens with one attached hydrogen (secondary N) is 1. The first-order valence-electron chi connectivity index (χ1n) is 8.76. The standard InChI is InChI=1S/C17H23NO2.C2H6/c1-3-12-6-7-13-9-16-14(5-4-11(2)10-20-16)8-15(13)18-17(12)19;1-2/h8-9,11-12H,3-7,10H2,1-2H3,(H,18,19);1-2H3. The van der Waals surface area contributed by atoms with Gasteiger partial charge in [-0.05, 0) is 61.3 Å². The maximum Gasteiger partial charge on any atom is 0.227 e. The molecule has 0 fully saturated rings. The van der Waals surface area contributed by atoms with Crippen molar-refractivity contribution < 1.29 is 9.53 Å². The van der Waals surface area contributed by atoms with E-state index in [0.29, 0.717) is 5.92 Å². The Kier molecular flexibility index (Phi) is 5.87. The summed E-state index contributed by atoms with van der Waals surface area (Å²) in [7, 11) is 0. The molecule has 0 radical (unpaired) electrons. The van der Waals surface area contributed by atoms with Crippen LogP contribution in [-0.4, -0.2) is 12.5 Å². The van der Waals surface area contributed by atoms with Gasteiger partial charge in [0.2, 0.25) is 5.91 Å². The minimum absolute atomic E-state index is 0.142. The van der Waals surface area contributed by atoms with Gasteiger partial charge in [0.1, 0.15) is 5.75 Å². The van der Waals surface area contributed by atoms with Crippen LogP contribution >= 0.6 is 0 Å². The van der Waals surface area contributed by atoms with E-state index in [1.54, 1.807) is 0 Å². The summed E-state index contributed by atoms with van der Waals surface area (Å²) in [5, 5.41) is 3.11. The van der Waals surface area contributed by atoms with Crippen LogP contribution in [-0.2, 0) is 17.6 Å². The van der Waals surface area contributed by atoms with Crippen molar-refractivity contribution in [3.63, 3.8) is 0 Å². The molecule has 1 amide bonds. The summed E-state index contributed by atoms with van der Waals surface area (Å²) in [5.74, 6) is 1.94. The highest BCUT2D eigenvalue weighted by molar-refractivity contribution is 5.94. The number of carbonyl (C=O) groups is 1. The van der Waals surface area contributed by atoms with Gasteiger partial charge < -0.3 is 10.1 Å². The summed E-state index contributed by atoms with van der Waals surface area (Å²) >= 11 is 0. The largest absolute Gasteiger partial charge is 0.493 e. The fourth-order valence-electron chi connectivity index (χ4n) is 3.12. The third-order valence-corrected chi connectivity index (χ3v) is 4.60. The Morgan fingerprint density at radius 2 is 1.91 bits per heavy atom. The monoisotopic (exact) mass is 303 g/mol. The summed E-state index contributed by atoms with van der Waals surface area (Å²) in [5.41, 5.74) is 3.47. The van der Waals surface area contributed by atoms with E-state index < -0.39 is 0 Å². The average molecular weight is 303 g/mol. The highest BCUT2D eigenvalue weighted by atomic mass is 16.5. The van der Waals surface area contributed by atoms with Crippen molar-refractivity contribution in [2.45, 2.75) is 59.8 Å². The average Bonchev–Trinajstić information content (AvgIpc) is 2.81. The summed E-state index contributed by atoms with van der Waals surface area (Å²) < 4.78 is 5.93. The zero-order chi connectivity index (χ0) is 16.1. The van der Waals surface area contributed by atoms with Crippen LogP contribution in [0.5, 0.6) is 5.75 Å². The number of ether oxygens (including phenoxy) is 1. The number of hydrogen-bond acceptors (Lipinski definition) is 2. The molecule has 2 unspecified atom stereocenters. The van der Waals surface area contributed by atoms with Crippen molar-refractivity contribution in [3.8, 4) is 5.75 Å². The second-order valence-corrected chi connectivity index (χ2v) is 6.21. The van der Waals surface area contributed by atoms with Crippen molar-refractivity contribution in [2.24, 2.45) is 11.8 Å². The highest BCUT2D eigenvalue weighted by Gasteiger charge is 2.24. The molecule has 3 nitrogen and oxygen atoms in total. The van der Waals surface area contributed by atoms with Gasteiger partial charge in [0, 0.05) is 11.6 Å². The van der Waals surface area contributed by atoms with E-state index in [9.17, 15) is 4.79 Å². The van der Waals surface area contributed by atoms with Crippen molar-refractivity contribution in [3.05, 3.63) is 23.3 Å². The van der Waals surface area contributed by atoms with E-state index >= 15 is 0 Å². The first-order chi connectivity index (χ1) is 10.7. The summed E-state index contributed by atoms with van der Waals surface area (Å²) in [4.78, 5) is 12.2. The predicted molar refractivity (Wildman–Crippen MR) is 91.5 cm³/mol. The predicted octanol–water partition coefficient (Wildman–Crippen LogP) is 4.58. The van der Waals surface area contributed by atoms with Crippen LogP contribution in [0, 0.1) is 11.8 Å². The summed E-state index contributed by atoms with van der Waals surface area (Å²) in [6.07, 6.45) is 4.99. The molecule has 1 N–H and O–H groups in total. The number of carbonyl (C=O) groups excluding carboxylic acids is 1. The van der Waals surface area contributed by atoms with Gasteiger partial charge in [0.15, 0.2) is 0 Å². The van der Waals surface area contributed by atoms with Gasteiger partial charge in [-0.2, -0.15) is 0 Å². The number of anilines is 1. The lowest BCUT2D eigenvalue weighted by atomic mass is 9.96. The first-order valence-corrected chi connectivity index (χ1v) is 8.76. The SMILES string of the molecule is CC.CCC1CCc2cc3c(cc2NC1=O)CCC(C)CO3. The molecule has 1 aromatic rings.